The zero-order valence-electron chi connectivity index (χ0n) is 10.3. The summed E-state index contributed by atoms with van der Waals surface area (Å²) in [6, 6.07) is 1.66. The zero-order chi connectivity index (χ0) is 11.7. The molecule has 0 radical (unpaired) electrons. The van der Waals surface area contributed by atoms with E-state index in [-0.39, 0.29) is 25.3 Å². The number of hydrogen-bond donors (Lipinski definition) is 2. The topological polar surface area (TPSA) is 46.9 Å². The summed E-state index contributed by atoms with van der Waals surface area (Å²) in [5.41, 5.74) is 0. The fraction of sp³-hybridized carbons (Fsp3) is 1.00. The zero-order valence-corrected chi connectivity index (χ0v) is 10.3. The van der Waals surface area contributed by atoms with Gasteiger partial charge in [-0.25, -0.2) is 0 Å². The van der Waals surface area contributed by atoms with Crippen LogP contribution < -0.4 is 0 Å². The Labute approximate surface area is 97.9 Å². The smallest absolute Gasteiger partial charge is 0.0599 e. The van der Waals surface area contributed by atoms with Crippen molar-refractivity contribution in [2.75, 3.05) is 26.3 Å². The highest BCUT2D eigenvalue weighted by molar-refractivity contribution is 5.03. The summed E-state index contributed by atoms with van der Waals surface area (Å²) in [7, 11) is 0. The van der Waals surface area contributed by atoms with Gasteiger partial charge in [-0.05, 0) is 12.8 Å². The molecule has 2 N–H and O–H groups in total. The fourth-order valence-corrected chi connectivity index (χ4v) is 3.59. The molecule has 4 heteroatoms. The van der Waals surface area contributed by atoms with Gasteiger partial charge in [0.25, 0.3) is 0 Å². The first kappa shape index (κ1) is 12.3. The summed E-state index contributed by atoms with van der Waals surface area (Å²) >= 11 is 0. The first-order chi connectivity index (χ1) is 7.76. The van der Waals surface area contributed by atoms with Crippen LogP contribution in [0.4, 0.5) is 0 Å². The molecule has 3 aliphatic heterocycles. The second kappa shape index (κ2) is 5.00. The molecule has 3 fully saturated rings. The van der Waals surface area contributed by atoms with E-state index in [2.05, 4.69) is 23.6 Å². The van der Waals surface area contributed by atoms with Crippen LogP contribution in [-0.4, -0.2) is 70.5 Å². The Kier molecular flexibility index (Phi) is 3.85. The van der Waals surface area contributed by atoms with Gasteiger partial charge in [-0.2, -0.15) is 0 Å². The lowest BCUT2D eigenvalue weighted by Gasteiger charge is -2.59. The molecular formula is C12H24N2O2. The molecule has 3 rings (SSSR count). The fourth-order valence-electron chi connectivity index (χ4n) is 3.59. The maximum atomic E-state index is 9.41. The van der Waals surface area contributed by atoms with E-state index < -0.39 is 0 Å². The van der Waals surface area contributed by atoms with Gasteiger partial charge in [-0.15, -0.1) is 0 Å². The van der Waals surface area contributed by atoms with Crippen LogP contribution in [0.15, 0.2) is 0 Å². The monoisotopic (exact) mass is 228 g/mol. The Balaban J connectivity index is 2.19. The average molecular weight is 228 g/mol. The molecule has 3 aliphatic rings. The highest BCUT2D eigenvalue weighted by atomic mass is 16.3. The standard InChI is InChI=1S/C12H24N2O2/c1-3-11-12(4-2)14-6-9(7-15)13(11)5-10(14)8-16/h9-12,15-16H,3-8H2,1-2H3. The van der Waals surface area contributed by atoms with Gasteiger partial charge in [0.15, 0.2) is 0 Å². The first-order valence-electron chi connectivity index (χ1n) is 6.49. The van der Waals surface area contributed by atoms with Crippen molar-refractivity contribution in [3.05, 3.63) is 0 Å². The molecule has 4 nitrogen and oxygen atoms in total. The summed E-state index contributed by atoms with van der Waals surface area (Å²) in [5, 5.41) is 18.8. The normalized spacial score (nSPS) is 47.2. The lowest BCUT2D eigenvalue weighted by atomic mass is 9.87. The third-order valence-corrected chi connectivity index (χ3v) is 4.34. The number of aliphatic hydroxyl groups excluding tert-OH is 2. The second-order valence-corrected chi connectivity index (χ2v) is 5.02. The number of fused-ring (bicyclic) bond motifs is 3. The number of aliphatic hydroxyl groups is 2. The van der Waals surface area contributed by atoms with Crippen molar-refractivity contribution in [3.63, 3.8) is 0 Å². The van der Waals surface area contributed by atoms with Gasteiger partial charge in [-0.1, -0.05) is 13.8 Å². The van der Waals surface area contributed by atoms with Crippen molar-refractivity contribution in [3.8, 4) is 0 Å². The number of rotatable bonds is 4. The van der Waals surface area contributed by atoms with E-state index in [9.17, 15) is 10.2 Å². The van der Waals surface area contributed by atoms with Crippen LogP contribution in [0.25, 0.3) is 0 Å². The van der Waals surface area contributed by atoms with Crippen LogP contribution in [0.3, 0.4) is 0 Å². The Morgan fingerprint density at radius 1 is 0.875 bits per heavy atom. The summed E-state index contributed by atoms with van der Waals surface area (Å²) in [5.74, 6) is 0. The molecule has 0 aliphatic carbocycles. The minimum absolute atomic E-state index is 0.238. The lowest BCUT2D eigenvalue weighted by molar-refractivity contribution is -0.130. The van der Waals surface area contributed by atoms with E-state index in [1.807, 2.05) is 0 Å². The van der Waals surface area contributed by atoms with Crippen LogP contribution in [0.5, 0.6) is 0 Å². The van der Waals surface area contributed by atoms with Crippen LogP contribution >= 0.6 is 0 Å². The maximum absolute atomic E-state index is 9.41. The Morgan fingerprint density at radius 3 is 1.50 bits per heavy atom. The lowest BCUT2D eigenvalue weighted by Crippen LogP contribution is -2.74. The highest BCUT2D eigenvalue weighted by Crippen LogP contribution is 2.33. The van der Waals surface area contributed by atoms with Gasteiger partial charge in [0, 0.05) is 37.3 Å². The predicted molar refractivity (Wildman–Crippen MR) is 63.3 cm³/mol. The summed E-state index contributed by atoms with van der Waals surface area (Å²) < 4.78 is 0. The van der Waals surface area contributed by atoms with Crippen molar-refractivity contribution < 1.29 is 10.2 Å². The Bertz CT molecular complexity index is 213. The number of nitrogens with zero attached hydrogens (tertiary/aromatic N) is 2. The molecule has 0 aromatic rings. The predicted octanol–water partition coefficient (Wildman–Crippen LogP) is -0.103. The van der Waals surface area contributed by atoms with Crippen molar-refractivity contribution >= 4 is 0 Å². The minimum atomic E-state index is 0.238. The molecule has 3 heterocycles. The van der Waals surface area contributed by atoms with Gasteiger partial charge in [0.05, 0.1) is 13.2 Å². The van der Waals surface area contributed by atoms with Gasteiger partial charge in [-0.3, -0.25) is 9.80 Å². The molecule has 6 atom stereocenters. The van der Waals surface area contributed by atoms with E-state index >= 15 is 0 Å². The minimum Gasteiger partial charge on any atom is -0.395 e. The summed E-state index contributed by atoms with van der Waals surface area (Å²) in [6.07, 6.45) is 2.26. The molecule has 0 spiro atoms. The highest BCUT2D eigenvalue weighted by Gasteiger charge is 2.47. The van der Waals surface area contributed by atoms with Crippen molar-refractivity contribution in [2.45, 2.75) is 50.9 Å². The molecule has 0 amide bonds. The van der Waals surface area contributed by atoms with Crippen LogP contribution in [0.2, 0.25) is 0 Å². The van der Waals surface area contributed by atoms with Crippen LogP contribution in [0.1, 0.15) is 26.7 Å². The molecule has 0 aromatic heterocycles. The largest absolute Gasteiger partial charge is 0.395 e. The van der Waals surface area contributed by atoms with E-state index in [1.165, 1.54) is 0 Å². The molecule has 0 saturated carbocycles. The summed E-state index contributed by atoms with van der Waals surface area (Å²) in [6.45, 7) is 6.74. The van der Waals surface area contributed by atoms with Gasteiger partial charge in [0.2, 0.25) is 0 Å². The third kappa shape index (κ3) is 1.78. The Hall–Kier alpha value is -0.160. The SMILES string of the molecule is CCC1C(CC)N2CC(CO)N1CC2CO. The van der Waals surface area contributed by atoms with E-state index in [0.29, 0.717) is 12.1 Å². The van der Waals surface area contributed by atoms with E-state index in [0.717, 1.165) is 25.9 Å². The quantitative estimate of drug-likeness (QED) is 0.705. The van der Waals surface area contributed by atoms with Gasteiger partial charge in [0.1, 0.15) is 0 Å². The Morgan fingerprint density at radius 2 is 1.25 bits per heavy atom. The molecule has 3 saturated heterocycles. The molecule has 6 unspecified atom stereocenters. The third-order valence-electron chi connectivity index (χ3n) is 4.34. The van der Waals surface area contributed by atoms with Gasteiger partial charge >= 0.3 is 0 Å². The molecular weight excluding hydrogens is 204 g/mol. The molecule has 0 aromatic carbocycles. The number of piperazine rings is 3. The van der Waals surface area contributed by atoms with Crippen molar-refractivity contribution in [1.29, 1.82) is 0 Å². The average Bonchev–Trinajstić information content (AvgIpc) is 2.36. The molecule has 94 valence electrons. The maximum Gasteiger partial charge on any atom is 0.0599 e. The molecule has 16 heavy (non-hydrogen) atoms. The van der Waals surface area contributed by atoms with Gasteiger partial charge < -0.3 is 10.2 Å². The van der Waals surface area contributed by atoms with Crippen LogP contribution in [-0.2, 0) is 0 Å². The first-order valence-corrected chi connectivity index (χ1v) is 6.49. The van der Waals surface area contributed by atoms with E-state index in [4.69, 9.17) is 0 Å². The van der Waals surface area contributed by atoms with Crippen molar-refractivity contribution in [1.82, 2.24) is 9.80 Å². The molecule has 2 bridgehead atoms. The number of hydrogen-bond acceptors (Lipinski definition) is 4. The van der Waals surface area contributed by atoms with E-state index in [1.54, 1.807) is 0 Å². The summed E-state index contributed by atoms with van der Waals surface area (Å²) in [4.78, 5) is 4.85. The second-order valence-electron chi connectivity index (χ2n) is 5.02. The van der Waals surface area contributed by atoms with Crippen LogP contribution in [0, 0.1) is 0 Å². The van der Waals surface area contributed by atoms with Crippen molar-refractivity contribution in [2.24, 2.45) is 0 Å².